The lowest BCUT2D eigenvalue weighted by atomic mass is 10.1. The second-order valence-electron chi connectivity index (χ2n) is 3.73. The van der Waals surface area contributed by atoms with Gasteiger partial charge in [-0.2, -0.15) is 12.6 Å². The number of aromatic nitrogens is 1. The zero-order valence-corrected chi connectivity index (χ0v) is 9.16. The normalized spacial score (nSPS) is 19.8. The molecule has 0 radical (unpaired) electrons. The van der Waals surface area contributed by atoms with E-state index in [4.69, 9.17) is 0 Å². The van der Waals surface area contributed by atoms with E-state index in [1.54, 1.807) is 0 Å². The van der Waals surface area contributed by atoms with Crippen LogP contribution in [-0.4, -0.2) is 28.7 Å². The SMILES string of the molecule is SCC(c1cccnc1)N1CCCC1. The summed E-state index contributed by atoms with van der Waals surface area (Å²) >= 11 is 4.43. The minimum absolute atomic E-state index is 0.453. The molecule has 0 N–H and O–H groups in total. The van der Waals surface area contributed by atoms with Gasteiger partial charge in [0.05, 0.1) is 0 Å². The molecule has 14 heavy (non-hydrogen) atoms. The Balaban J connectivity index is 2.12. The van der Waals surface area contributed by atoms with Gasteiger partial charge in [-0.3, -0.25) is 9.88 Å². The van der Waals surface area contributed by atoms with Crippen molar-refractivity contribution in [1.29, 1.82) is 0 Å². The Kier molecular flexibility index (Phi) is 3.43. The third kappa shape index (κ3) is 2.10. The molecule has 1 saturated heterocycles. The van der Waals surface area contributed by atoms with E-state index in [1.165, 1.54) is 31.5 Å². The summed E-state index contributed by atoms with van der Waals surface area (Å²) in [4.78, 5) is 6.67. The van der Waals surface area contributed by atoms with Crippen molar-refractivity contribution >= 4 is 12.6 Å². The van der Waals surface area contributed by atoms with Crippen molar-refractivity contribution < 1.29 is 0 Å². The topological polar surface area (TPSA) is 16.1 Å². The van der Waals surface area contributed by atoms with Crippen LogP contribution < -0.4 is 0 Å². The van der Waals surface area contributed by atoms with E-state index in [0.29, 0.717) is 6.04 Å². The van der Waals surface area contributed by atoms with E-state index in [0.717, 1.165) is 5.75 Å². The Bertz CT molecular complexity index is 270. The number of rotatable bonds is 3. The fourth-order valence-electron chi connectivity index (χ4n) is 2.06. The van der Waals surface area contributed by atoms with Crippen LogP contribution >= 0.6 is 12.6 Å². The first-order valence-electron chi connectivity index (χ1n) is 5.16. The van der Waals surface area contributed by atoms with Crippen molar-refractivity contribution in [2.45, 2.75) is 18.9 Å². The highest BCUT2D eigenvalue weighted by molar-refractivity contribution is 7.80. The first-order valence-corrected chi connectivity index (χ1v) is 5.80. The maximum atomic E-state index is 4.43. The molecule has 1 unspecified atom stereocenters. The van der Waals surface area contributed by atoms with Crippen LogP contribution in [0.4, 0.5) is 0 Å². The fourth-order valence-corrected chi connectivity index (χ4v) is 2.50. The predicted octanol–water partition coefficient (Wildman–Crippen LogP) is 2.15. The monoisotopic (exact) mass is 208 g/mol. The highest BCUT2D eigenvalue weighted by atomic mass is 32.1. The Hall–Kier alpha value is -0.540. The molecule has 1 fully saturated rings. The summed E-state index contributed by atoms with van der Waals surface area (Å²) in [5, 5.41) is 0. The zero-order chi connectivity index (χ0) is 9.80. The molecule has 2 heterocycles. The summed E-state index contributed by atoms with van der Waals surface area (Å²) in [6, 6.07) is 4.60. The number of hydrogen-bond donors (Lipinski definition) is 1. The number of pyridine rings is 1. The minimum Gasteiger partial charge on any atom is -0.295 e. The highest BCUT2D eigenvalue weighted by Gasteiger charge is 2.21. The van der Waals surface area contributed by atoms with E-state index in [2.05, 4.69) is 28.6 Å². The third-order valence-corrected chi connectivity index (χ3v) is 3.17. The second-order valence-corrected chi connectivity index (χ2v) is 4.09. The molecule has 1 aliphatic rings. The van der Waals surface area contributed by atoms with Crippen LogP contribution in [0.3, 0.4) is 0 Å². The van der Waals surface area contributed by atoms with E-state index in [1.807, 2.05) is 18.5 Å². The van der Waals surface area contributed by atoms with Crippen LogP contribution in [0, 0.1) is 0 Å². The predicted molar refractivity (Wildman–Crippen MR) is 61.6 cm³/mol. The van der Waals surface area contributed by atoms with Crippen molar-refractivity contribution in [2.75, 3.05) is 18.8 Å². The van der Waals surface area contributed by atoms with Crippen molar-refractivity contribution in [3.8, 4) is 0 Å². The van der Waals surface area contributed by atoms with Gasteiger partial charge in [0.25, 0.3) is 0 Å². The van der Waals surface area contributed by atoms with E-state index in [-0.39, 0.29) is 0 Å². The Morgan fingerprint density at radius 3 is 2.79 bits per heavy atom. The molecule has 0 saturated carbocycles. The Morgan fingerprint density at radius 1 is 1.43 bits per heavy atom. The van der Waals surface area contributed by atoms with Gasteiger partial charge in [0, 0.05) is 24.2 Å². The molecule has 76 valence electrons. The van der Waals surface area contributed by atoms with Crippen molar-refractivity contribution in [3.05, 3.63) is 30.1 Å². The lowest BCUT2D eigenvalue weighted by Crippen LogP contribution is -2.26. The molecule has 2 nitrogen and oxygen atoms in total. The molecular weight excluding hydrogens is 192 g/mol. The zero-order valence-electron chi connectivity index (χ0n) is 8.26. The highest BCUT2D eigenvalue weighted by Crippen LogP contribution is 2.25. The quantitative estimate of drug-likeness (QED) is 0.766. The molecule has 1 aromatic rings. The molecule has 0 spiro atoms. The minimum atomic E-state index is 0.453. The van der Waals surface area contributed by atoms with Crippen LogP contribution in [-0.2, 0) is 0 Å². The molecule has 0 aromatic carbocycles. The summed E-state index contributed by atoms with van der Waals surface area (Å²) in [6.45, 7) is 2.42. The van der Waals surface area contributed by atoms with Crippen LogP contribution in [0.25, 0.3) is 0 Å². The lowest BCUT2D eigenvalue weighted by molar-refractivity contribution is 0.267. The van der Waals surface area contributed by atoms with E-state index < -0.39 is 0 Å². The largest absolute Gasteiger partial charge is 0.295 e. The second kappa shape index (κ2) is 4.80. The Labute approximate surface area is 90.7 Å². The standard InChI is InChI=1S/C11H16N2S/c14-9-11(13-6-1-2-7-13)10-4-3-5-12-8-10/h3-5,8,11,14H,1-2,6-7,9H2. The molecule has 0 aliphatic carbocycles. The number of hydrogen-bond acceptors (Lipinski definition) is 3. The van der Waals surface area contributed by atoms with Crippen LogP contribution in [0.5, 0.6) is 0 Å². The van der Waals surface area contributed by atoms with Gasteiger partial charge in [0.1, 0.15) is 0 Å². The maximum Gasteiger partial charge on any atom is 0.0451 e. The average Bonchev–Trinajstić information content (AvgIpc) is 2.74. The first kappa shape index (κ1) is 9.99. The van der Waals surface area contributed by atoms with E-state index in [9.17, 15) is 0 Å². The molecule has 0 amide bonds. The van der Waals surface area contributed by atoms with Crippen LogP contribution in [0.1, 0.15) is 24.4 Å². The van der Waals surface area contributed by atoms with Gasteiger partial charge in [-0.25, -0.2) is 0 Å². The van der Waals surface area contributed by atoms with Crippen molar-refractivity contribution in [3.63, 3.8) is 0 Å². The molecule has 0 bridgehead atoms. The lowest BCUT2D eigenvalue weighted by Gasteiger charge is -2.25. The van der Waals surface area contributed by atoms with Gasteiger partial charge >= 0.3 is 0 Å². The van der Waals surface area contributed by atoms with Gasteiger partial charge in [-0.1, -0.05) is 6.07 Å². The summed E-state index contributed by atoms with van der Waals surface area (Å²) in [6.07, 6.45) is 6.43. The molecule has 2 rings (SSSR count). The van der Waals surface area contributed by atoms with Crippen LogP contribution in [0.2, 0.25) is 0 Å². The molecule has 1 atom stereocenters. The molecule has 1 aromatic heterocycles. The summed E-state index contributed by atoms with van der Waals surface area (Å²) < 4.78 is 0. The first-order chi connectivity index (χ1) is 6.92. The molecule has 1 aliphatic heterocycles. The summed E-state index contributed by atoms with van der Waals surface area (Å²) in [7, 11) is 0. The maximum absolute atomic E-state index is 4.43. The van der Waals surface area contributed by atoms with Crippen molar-refractivity contribution in [2.24, 2.45) is 0 Å². The van der Waals surface area contributed by atoms with E-state index >= 15 is 0 Å². The number of nitrogens with zero attached hydrogens (tertiary/aromatic N) is 2. The van der Waals surface area contributed by atoms with Gasteiger partial charge in [0.2, 0.25) is 0 Å². The average molecular weight is 208 g/mol. The summed E-state index contributed by atoms with van der Waals surface area (Å²) in [5.41, 5.74) is 1.30. The van der Waals surface area contributed by atoms with Gasteiger partial charge in [-0.05, 0) is 37.6 Å². The smallest absolute Gasteiger partial charge is 0.0451 e. The number of thiol groups is 1. The Morgan fingerprint density at radius 2 is 2.21 bits per heavy atom. The summed E-state index contributed by atoms with van der Waals surface area (Å²) in [5.74, 6) is 0.881. The molecule has 3 heteroatoms. The molecular formula is C11H16N2S. The van der Waals surface area contributed by atoms with Gasteiger partial charge in [0.15, 0.2) is 0 Å². The number of likely N-dealkylation sites (tertiary alicyclic amines) is 1. The van der Waals surface area contributed by atoms with Crippen molar-refractivity contribution in [1.82, 2.24) is 9.88 Å². The van der Waals surface area contributed by atoms with Crippen LogP contribution in [0.15, 0.2) is 24.5 Å². The van der Waals surface area contributed by atoms with Gasteiger partial charge < -0.3 is 0 Å². The van der Waals surface area contributed by atoms with Gasteiger partial charge in [-0.15, -0.1) is 0 Å². The third-order valence-electron chi connectivity index (χ3n) is 2.82. The fraction of sp³-hybridized carbons (Fsp3) is 0.545.